The van der Waals surface area contributed by atoms with Crippen LogP contribution < -0.4 is 4.90 Å². The largest absolute Gasteiger partial charge is 0.308 e. The summed E-state index contributed by atoms with van der Waals surface area (Å²) in [6, 6.07) is 10.2. The van der Waals surface area contributed by atoms with Gasteiger partial charge in [0.2, 0.25) is 5.91 Å². The van der Waals surface area contributed by atoms with Crippen LogP contribution in [-0.2, 0) is 11.2 Å². The van der Waals surface area contributed by atoms with Crippen LogP contribution in [0.25, 0.3) is 10.2 Å². The minimum absolute atomic E-state index is 0.0164. The van der Waals surface area contributed by atoms with E-state index in [4.69, 9.17) is 4.98 Å². The average Bonchev–Trinajstić information content (AvgIpc) is 3.10. The molecule has 0 radical (unpaired) electrons. The van der Waals surface area contributed by atoms with E-state index < -0.39 is 4.92 Å². The molecule has 2 aromatic carbocycles. The van der Waals surface area contributed by atoms with Gasteiger partial charge in [-0.2, -0.15) is 0 Å². The molecular weight excluding hydrogens is 388 g/mol. The van der Waals surface area contributed by atoms with Crippen molar-refractivity contribution in [2.24, 2.45) is 0 Å². The molecule has 0 aliphatic rings. The average molecular weight is 413 g/mol. The van der Waals surface area contributed by atoms with Gasteiger partial charge in [-0.1, -0.05) is 29.5 Å². The zero-order valence-corrected chi connectivity index (χ0v) is 17.8. The fraction of sp³-hybridized carbons (Fsp3) is 0.333. The van der Waals surface area contributed by atoms with Gasteiger partial charge in [-0.3, -0.25) is 19.8 Å². The molecular formula is C21H24N4O3S. The highest BCUT2D eigenvalue weighted by Crippen LogP contribution is 2.32. The second-order valence-electron chi connectivity index (χ2n) is 7.30. The molecule has 7 nitrogen and oxygen atoms in total. The van der Waals surface area contributed by atoms with Crippen molar-refractivity contribution in [3.05, 3.63) is 63.2 Å². The zero-order chi connectivity index (χ0) is 21.1. The second kappa shape index (κ2) is 8.67. The summed E-state index contributed by atoms with van der Waals surface area (Å²) in [5, 5.41) is 11.5. The predicted octanol–water partition coefficient (Wildman–Crippen LogP) is 3.96. The predicted molar refractivity (Wildman–Crippen MR) is 117 cm³/mol. The van der Waals surface area contributed by atoms with Gasteiger partial charge < -0.3 is 4.90 Å². The lowest BCUT2D eigenvalue weighted by molar-refractivity contribution is -0.384. The number of nitro benzene ring substituents is 1. The molecule has 3 rings (SSSR count). The minimum atomic E-state index is -0.444. The van der Waals surface area contributed by atoms with Crippen LogP contribution in [-0.4, -0.2) is 47.9 Å². The smallest absolute Gasteiger partial charge is 0.269 e. The summed E-state index contributed by atoms with van der Waals surface area (Å²) >= 11 is 1.51. The highest BCUT2D eigenvalue weighted by molar-refractivity contribution is 7.22. The van der Waals surface area contributed by atoms with Crippen molar-refractivity contribution in [1.82, 2.24) is 9.88 Å². The van der Waals surface area contributed by atoms with Crippen LogP contribution in [0.2, 0.25) is 0 Å². The summed E-state index contributed by atoms with van der Waals surface area (Å²) in [5.41, 5.74) is 3.99. The number of nitro groups is 1. The van der Waals surface area contributed by atoms with E-state index in [0.717, 1.165) is 21.3 Å². The molecule has 3 aromatic rings. The normalized spacial score (nSPS) is 11.2. The summed E-state index contributed by atoms with van der Waals surface area (Å²) < 4.78 is 1.06. The Balaban J connectivity index is 1.89. The standard InChI is InChI=1S/C21H24N4O3S/c1-14-5-10-18-20(15(14)2)22-21(29-18)24(12-11-23(3)4)19(26)13-16-6-8-17(9-7-16)25(27)28/h5-10H,11-13H2,1-4H3. The van der Waals surface area contributed by atoms with Gasteiger partial charge in [0.15, 0.2) is 5.13 Å². The summed E-state index contributed by atoms with van der Waals surface area (Å²) in [7, 11) is 3.93. The molecule has 0 spiro atoms. The Bertz CT molecular complexity index is 1040. The Morgan fingerprint density at radius 3 is 2.41 bits per heavy atom. The molecule has 0 fully saturated rings. The maximum absolute atomic E-state index is 13.1. The summed E-state index contributed by atoms with van der Waals surface area (Å²) in [6.07, 6.45) is 0.166. The Kier molecular flexibility index (Phi) is 6.24. The molecule has 1 amide bonds. The van der Waals surface area contributed by atoms with Crippen molar-refractivity contribution in [3.8, 4) is 0 Å². The number of likely N-dealkylation sites (N-methyl/N-ethyl adjacent to an activating group) is 1. The molecule has 0 saturated carbocycles. The first kappa shape index (κ1) is 20.9. The van der Waals surface area contributed by atoms with Gasteiger partial charge in [0.1, 0.15) is 0 Å². The number of hydrogen-bond donors (Lipinski definition) is 0. The Morgan fingerprint density at radius 1 is 1.10 bits per heavy atom. The summed E-state index contributed by atoms with van der Waals surface area (Å²) in [4.78, 5) is 32.0. The number of thiazole rings is 1. The number of anilines is 1. The van der Waals surface area contributed by atoms with Crippen molar-refractivity contribution in [2.75, 3.05) is 32.1 Å². The molecule has 29 heavy (non-hydrogen) atoms. The lowest BCUT2D eigenvalue weighted by Gasteiger charge is -2.22. The third-order valence-corrected chi connectivity index (χ3v) is 5.92. The van der Waals surface area contributed by atoms with Crippen LogP contribution in [0.5, 0.6) is 0 Å². The molecule has 0 aliphatic heterocycles. The van der Waals surface area contributed by atoms with Gasteiger partial charge in [-0.05, 0) is 50.7 Å². The van der Waals surface area contributed by atoms with Crippen LogP contribution >= 0.6 is 11.3 Å². The number of rotatable bonds is 7. The van der Waals surface area contributed by atoms with Crippen molar-refractivity contribution in [3.63, 3.8) is 0 Å². The van der Waals surface area contributed by atoms with E-state index in [1.54, 1.807) is 17.0 Å². The van der Waals surface area contributed by atoms with Gasteiger partial charge >= 0.3 is 0 Å². The quantitative estimate of drug-likeness (QED) is 0.433. The van der Waals surface area contributed by atoms with E-state index in [0.29, 0.717) is 18.2 Å². The number of amides is 1. The van der Waals surface area contributed by atoms with Gasteiger partial charge in [-0.15, -0.1) is 0 Å². The summed E-state index contributed by atoms with van der Waals surface area (Å²) in [5.74, 6) is -0.0749. The van der Waals surface area contributed by atoms with Crippen LogP contribution in [0.3, 0.4) is 0 Å². The fourth-order valence-electron chi connectivity index (χ4n) is 2.96. The third-order valence-electron chi connectivity index (χ3n) is 4.88. The van der Waals surface area contributed by atoms with Crippen molar-refractivity contribution >= 4 is 38.3 Å². The number of non-ortho nitro benzene ring substituents is 1. The Hall–Kier alpha value is -2.84. The molecule has 0 bridgehead atoms. The molecule has 0 aliphatic carbocycles. The van der Waals surface area contributed by atoms with Crippen LogP contribution in [0, 0.1) is 24.0 Å². The van der Waals surface area contributed by atoms with Gasteiger partial charge in [0.25, 0.3) is 5.69 Å². The molecule has 0 saturated heterocycles. The summed E-state index contributed by atoms with van der Waals surface area (Å²) in [6.45, 7) is 5.33. The van der Waals surface area contributed by atoms with Gasteiger partial charge in [0, 0.05) is 25.2 Å². The SMILES string of the molecule is Cc1ccc2sc(N(CCN(C)C)C(=O)Cc3ccc([N+](=O)[O-])cc3)nc2c1C. The molecule has 1 heterocycles. The lowest BCUT2D eigenvalue weighted by Crippen LogP contribution is -2.37. The number of carbonyl (C=O) groups is 1. The van der Waals surface area contributed by atoms with Crippen molar-refractivity contribution in [2.45, 2.75) is 20.3 Å². The molecule has 8 heteroatoms. The minimum Gasteiger partial charge on any atom is -0.308 e. The first-order valence-corrected chi connectivity index (χ1v) is 10.1. The number of aromatic nitrogens is 1. The molecule has 0 unspecified atom stereocenters. The van der Waals surface area contributed by atoms with Crippen molar-refractivity contribution in [1.29, 1.82) is 0 Å². The number of carbonyl (C=O) groups excluding carboxylic acids is 1. The maximum atomic E-state index is 13.1. The van der Waals surface area contributed by atoms with E-state index in [9.17, 15) is 14.9 Å². The van der Waals surface area contributed by atoms with Gasteiger partial charge in [-0.25, -0.2) is 4.98 Å². The Morgan fingerprint density at radius 2 is 1.79 bits per heavy atom. The number of aryl methyl sites for hydroxylation is 2. The monoisotopic (exact) mass is 412 g/mol. The lowest BCUT2D eigenvalue weighted by atomic mass is 10.1. The first-order chi connectivity index (χ1) is 13.8. The van der Waals surface area contributed by atoms with Crippen molar-refractivity contribution < 1.29 is 9.72 Å². The number of hydrogen-bond acceptors (Lipinski definition) is 6. The van der Waals surface area contributed by atoms with E-state index in [1.807, 2.05) is 32.0 Å². The third kappa shape index (κ3) is 4.78. The van der Waals surface area contributed by atoms with E-state index in [-0.39, 0.29) is 18.0 Å². The highest BCUT2D eigenvalue weighted by Gasteiger charge is 2.21. The van der Waals surface area contributed by atoms with E-state index in [2.05, 4.69) is 13.0 Å². The first-order valence-electron chi connectivity index (χ1n) is 9.31. The van der Waals surface area contributed by atoms with E-state index >= 15 is 0 Å². The molecule has 0 N–H and O–H groups in total. The molecule has 152 valence electrons. The fourth-order valence-corrected chi connectivity index (χ4v) is 4.03. The highest BCUT2D eigenvalue weighted by atomic mass is 32.1. The number of fused-ring (bicyclic) bond motifs is 1. The molecule has 1 aromatic heterocycles. The van der Waals surface area contributed by atoms with Gasteiger partial charge in [0.05, 0.1) is 21.6 Å². The topological polar surface area (TPSA) is 79.6 Å². The van der Waals surface area contributed by atoms with E-state index in [1.165, 1.54) is 29.0 Å². The number of nitrogens with zero attached hydrogens (tertiary/aromatic N) is 4. The number of benzene rings is 2. The van der Waals surface area contributed by atoms with Crippen LogP contribution in [0.4, 0.5) is 10.8 Å². The second-order valence-corrected chi connectivity index (χ2v) is 8.31. The molecule has 0 atom stereocenters. The van der Waals surface area contributed by atoms with Crippen LogP contribution in [0.15, 0.2) is 36.4 Å². The zero-order valence-electron chi connectivity index (χ0n) is 17.0. The van der Waals surface area contributed by atoms with Crippen LogP contribution in [0.1, 0.15) is 16.7 Å². The Labute approximate surface area is 173 Å². The maximum Gasteiger partial charge on any atom is 0.269 e.